The summed E-state index contributed by atoms with van der Waals surface area (Å²) in [5.74, 6) is -0.0130. The SMILES string of the molecule is N[C@@H](Cc1ccccc1)C(=O)Oc1ccc(C(=O)[C@@H]2CCCN2)cc1. The fourth-order valence-corrected chi connectivity index (χ4v) is 2.94. The Morgan fingerprint density at radius 3 is 2.48 bits per heavy atom. The minimum Gasteiger partial charge on any atom is -0.425 e. The molecule has 0 amide bonds. The van der Waals surface area contributed by atoms with Crippen molar-refractivity contribution in [1.82, 2.24) is 5.32 Å². The van der Waals surface area contributed by atoms with E-state index in [0.29, 0.717) is 17.7 Å². The molecule has 0 radical (unpaired) electrons. The fraction of sp³-hybridized carbons (Fsp3) is 0.300. The molecule has 2 aromatic rings. The number of ketones is 1. The Labute approximate surface area is 147 Å². The van der Waals surface area contributed by atoms with E-state index >= 15 is 0 Å². The van der Waals surface area contributed by atoms with Gasteiger partial charge in [0.05, 0.1) is 6.04 Å². The van der Waals surface area contributed by atoms with E-state index in [0.717, 1.165) is 24.9 Å². The van der Waals surface area contributed by atoms with Crippen LogP contribution in [-0.4, -0.2) is 30.4 Å². The summed E-state index contributed by atoms with van der Waals surface area (Å²) in [7, 11) is 0. The summed E-state index contributed by atoms with van der Waals surface area (Å²) in [6.07, 6.45) is 2.30. The largest absolute Gasteiger partial charge is 0.425 e. The van der Waals surface area contributed by atoms with Crippen LogP contribution in [0.5, 0.6) is 5.75 Å². The first-order valence-electron chi connectivity index (χ1n) is 8.52. The first-order valence-corrected chi connectivity index (χ1v) is 8.52. The molecule has 1 aliphatic rings. The number of Topliss-reactive ketones (excluding diaryl/α,β-unsaturated/α-hetero) is 1. The smallest absolute Gasteiger partial charge is 0.328 e. The highest BCUT2D eigenvalue weighted by atomic mass is 16.5. The Hall–Kier alpha value is -2.50. The monoisotopic (exact) mass is 338 g/mol. The minimum atomic E-state index is -0.730. The third kappa shape index (κ3) is 4.53. The van der Waals surface area contributed by atoms with Gasteiger partial charge in [0.15, 0.2) is 5.78 Å². The summed E-state index contributed by atoms with van der Waals surface area (Å²) in [5, 5.41) is 3.19. The van der Waals surface area contributed by atoms with Crippen molar-refractivity contribution in [3.8, 4) is 5.75 Å². The minimum absolute atomic E-state index is 0.0798. The van der Waals surface area contributed by atoms with Crippen LogP contribution in [0.25, 0.3) is 0 Å². The van der Waals surface area contributed by atoms with E-state index in [4.69, 9.17) is 10.5 Å². The number of benzene rings is 2. The highest BCUT2D eigenvalue weighted by Gasteiger charge is 2.23. The molecule has 5 nitrogen and oxygen atoms in total. The second-order valence-electron chi connectivity index (χ2n) is 6.25. The van der Waals surface area contributed by atoms with Crippen LogP contribution < -0.4 is 15.8 Å². The number of esters is 1. The second-order valence-corrected chi connectivity index (χ2v) is 6.25. The number of nitrogens with two attached hydrogens (primary N) is 1. The van der Waals surface area contributed by atoms with Gasteiger partial charge in [-0.2, -0.15) is 0 Å². The van der Waals surface area contributed by atoms with Gasteiger partial charge in [0.25, 0.3) is 0 Å². The van der Waals surface area contributed by atoms with Crippen molar-refractivity contribution in [3.05, 3.63) is 65.7 Å². The van der Waals surface area contributed by atoms with E-state index in [2.05, 4.69) is 5.32 Å². The number of carbonyl (C=O) groups is 2. The van der Waals surface area contributed by atoms with Gasteiger partial charge in [-0.3, -0.25) is 4.79 Å². The van der Waals surface area contributed by atoms with Crippen LogP contribution in [0.4, 0.5) is 0 Å². The van der Waals surface area contributed by atoms with E-state index in [-0.39, 0.29) is 11.8 Å². The van der Waals surface area contributed by atoms with Gasteiger partial charge in [-0.15, -0.1) is 0 Å². The van der Waals surface area contributed by atoms with Crippen LogP contribution in [0, 0.1) is 0 Å². The number of ether oxygens (including phenoxy) is 1. The number of hydrogen-bond donors (Lipinski definition) is 2. The van der Waals surface area contributed by atoms with Gasteiger partial charge in [0.2, 0.25) is 0 Å². The van der Waals surface area contributed by atoms with E-state index in [1.807, 2.05) is 30.3 Å². The molecule has 0 aliphatic carbocycles. The number of carbonyl (C=O) groups excluding carboxylic acids is 2. The Morgan fingerprint density at radius 2 is 1.84 bits per heavy atom. The molecule has 1 heterocycles. The van der Waals surface area contributed by atoms with Crippen molar-refractivity contribution in [2.24, 2.45) is 5.73 Å². The summed E-state index contributed by atoms with van der Waals surface area (Å²) in [6, 6.07) is 15.4. The van der Waals surface area contributed by atoms with Crippen molar-refractivity contribution in [3.63, 3.8) is 0 Å². The van der Waals surface area contributed by atoms with Gasteiger partial charge in [-0.25, -0.2) is 4.79 Å². The average molecular weight is 338 g/mol. The van der Waals surface area contributed by atoms with Crippen molar-refractivity contribution in [1.29, 1.82) is 0 Å². The molecule has 1 aliphatic heterocycles. The summed E-state index contributed by atoms with van der Waals surface area (Å²) >= 11 is 0. The third-order valence-corrected chi connectivity index (χ3v) is 4.34. The van der Waals surface area contributed by atoms with Gasteiger partial charge in [-0.1, -0.05) is 30.3 Å². The predicted molar refractivity (Wildman–Crippen MR) is 95.6 cm³/mol. The molecule has 130 valence electrons. The lowest BCUT2D eigenvalue weighted by molar-refractivity contribution is -0.135. The van der Waals surface area contributed by atoms with Gasteiger partial charge in [-0.05, 0) is 55.6 Å². The molecule has 2 atom stereocenters. The Morgan fingerprint density at radius 1 is 1.12 bits per heavy atom. The molecule has 3 N–H and O–H groups in total. The summed E-state index contributed by atoms with van der Waals surface area (Å²) in [4.78, 5) is 24.4. The molecule has 5 heteroatoms. The van der Waals surface area contributed by atoms with Crippen LogP contribution >= 0.6 is 0 Å². The molecule has 0 bridgehead atoms. The zero-order valence-corrected chi connectivity index (χ0v) is 14.0. The zero-order chi connectivity index (χ0) is 17.6. The maximum absolute atomic E-state index is 12.3. The third-order valence-electron chi connectivity index (χ3n) is 4.34. The van der Waals surface area contributed by atoms with Gasteiger partial charge >= 0.3 is 5.97 Å². The predicted octanol–water partition coefficient (Wildman–Crippen LogP) is 2.10. The molecule has 0 aromatic heterocycles. The molecule has 0 unspecified atom stereocenters. The van der Waals surface area contributed by atoms with Crippen LogP contribution in [-0.2, 0) is 11.2 Å². The lowest BCUT2D eigenvalue weighted by Gasteiger charge is -2.12. The summed E-state index contributed by atoms with van der Waals surface area (Å²) < 4.78 is 5.32. The van der Waals surface area contributed by atoms with E-state index < -0.39 is 12.0 Å². The molecular formula is C20H22N2O3. The molecule has 25 heavy (non-hydrogen) atoms. The quantitative estimate of drug-likeness (QED) is 0.479. The summed E-state index contributed by atoms with van der Waals surface area (Å²) in [5.41, 5.74) is 7.52. The molecular weight excluding hydrogens is 316 g/mol. The summed E-state index contributed by atoms with van der Waals surface area (Å²) in [6.45, 7) is 0.880. The second kappa shape index (κ2) is 8.05. The maximum Gasteiger partial charge on any atom is 0.328 e. The van der Waals surface area contributed by atoms with E-state index in [1.54, 1.807) is 24.3 Å². The number of nitrogens with one attached hydrogen (secondary N) is 1. The average Bonchev–Trinajstić information content (AvgIpc) is 3.17. The fourth-order valence-electron chi connectivity index (χ4n) is 2.94. The molecule has 1 saturated heterocycles. The molecule has 3 rings (SSSR count). The van der Waals surface area contributed by atoms with Crippen molar-refractivity contribution >= 4 is 11.8 Å². The molecule has 1 fully saturated rings. The highest BCUT2D eigenvalue weighted by Crippen LogP contribution is 2.17. The van der Waals surface area contributed by atoms with E-state index in [1.165, 1.54) is 0 Å². The first-order chi connectivity index (χ1) is 12.1. The standard InChI is InChI=1S/C20H22N2O3/c21-17(13-14-5-2-1-3-6-14)20(24)25-16-10-8-15(9-11-16)19(23)18-7-4-12-22-18/h1-3,5-6,8-11,17-18,22H,4,7,12-13,21H2/t17-,18-/m0/s1. The molecule has 2 aromatic carbocycles. The van der Waals surface area contributed by atoms with Crippen molar-refractivity contribution < 1.29 is 14.3 Å². The lowest BCUT2D eigenvalue weighted by Crippen LogP contribution is -2.36. The van der Waals surface area contributed by atoms with Crippen molar-refractivity contribution in [2.45, 2.75) is 31.3 Å². The van der Waals surface area contributed by atoms with Crippen LogP contribution in [0.3, 0.4) is 0 Å². The zero-order valence-electron chi connectivity index (χ0n) is 14.0. The topological polar surface area (TPSA) is 81.4 Å². The van der Waals surface area contributed by atoms with Gasteiger partial charge in [0, 0.05) is 5.56 Å². The van der Waals surface area contributed by atoms with Gasteiger partial charge < -0.3 is 15.8 Å². The van der Waals surface area contributed by atoms with Gasteiger partial charge in [0.1, 0.15) is 11.8 Å². The highest BCUT2D eigenvalue weighted by molar-refractivity contribution is 6.00. The normalized spacial score (nSPS) is 17.9. The molecule has 0 saturated carbocycles. The first kappa shape index (κ1) is 17.3. The Bertz CT molecular complexity index is 722. The lowest BCUT2D eigenvalue weighted by atomic mass is 10.0. The number of hydrogen-bond acceptors (Lipinski definition) is 5. The Kier molecular flexibility index (Phi) is 5.58. The van der Waals surface area contributed by atoms with Crippen LogP contribution in [0.15, 0.2) is 54.6 Å². The molecule has 0 spiro atoms. The van der Waals surface area contributed by atoms with Crippen LogP contribution in [0.2, 0.25) is 0 Å². The Balaban J connectivity index is 1.57. The van der Waals surface area contributed by atoms with E-state index in [9.17, 15) is 9.59 Å². The van der Waals surface area contributed by atoms with Crippen LogP contribution in [0.1, 0.15) is 28.8 Å². The van der Waals surface area contributed by atoms with Crippen molar-refractivity contribution in [2.75, 3.05) is 6.54 Å². The maximum atomic E-state index is 12.3. The number of rotatable bonds is 6.